The molecule has 0 spiro atoms. The molecule has 0 bridgehead atoms. The Kier molecular flexibility index (Phi) is 7.20. The molecule has 0 N–H and O–H groups in total. The highest BCUT2D eigenvalue weighted by molar-refractivity contribution is 6.09. The maximum atomic E-state index is 5.24. The predicted octanol–water partition coefficient (Wildman–Crippen LogP) is 11.4. The van der Waals surface area contributed by atoms with Gasteiger partial charge in [0.1, 0.15) is 17.0 Å². The largest absolute Gasteiger partial charge is 0.284 e. The van der Waals surface area contributed by atoms with Crippen LogP contribution >= 0.6 is 0 Å². The molecule has 0 saturated heterocycles. The van der Waals surface area contributed by atoms with Gasteiger partial charge in [-0.15, -0.1) is 0 Å². The number of nitrogens with zero attached hydrogens (tertiary/aromatic N) is 6. The first-order valence-electron chi connectivity index (χ1n) is 18.6. The maximum Gasteiger partial charge on any atom is 0.165 e. The maximum absolute atomic E-state index is 5.24. The number of allylic oxidation sites excluding steroid dienone is 8. The minimum absolute atomic E-state index is 0.0110. The monoisotopic (exact) mass is 704 g/mol. The lowest BCUT2D eigenvalue weighted by Crippen LogP contribution is -2.18. The van der Waals surface area contributed by atoms with Gasteiger partial charge in [0.05, 0.1) is 5.69 Å². The van der Waals surface area contributed by atoms with E-state index in [2.05, 4.69) is 162 Å². The second kappa shape index (κ2) is 12.7. The third kappa shape index (κ3) is 5.30. The van der Waals surface area contributed by atoms with Crippen molar-refractivity contribution in [3.63, 3.8) is 0 Å². The highest BCUT2D eigenvalue weighted by Gasteiger charge is 2.28. The van der Waals surface area contributed by atoms with Crippen molar-refractivity contribution < 1.29 is 0 Å². The van der Waals surface area contributed by atoms with Gasteiger partial charge in [-0.3, -0.25) is 4.40 Å². The van der Waals surface area contributed by atoms with Gasteiger partial charge in [-0.25, -0.2) is 24.9 Å². The lowest BCUT2D eigenvalue weighted by Gasteiger charge is -2.26. The van der Waals surface area contributed by atoms with E-state index in [4.69, 9.17) is 24.9 Å². The summed E-state index contributed by atoms with van der Waals surface area (Å²) in [6.07, 6.45) is 17.2. The van der Waals surface area contributed by atoms with Crippen molar-refractivity contribution in [3.8, 4) is 45.2 Å². The van der Waals surface area contributed by atoms with E-state index in [1.165, 1.54) is 5.57 Å². The van der Waals surface area contributed by atoms with Crippen molar-refractivity contribution in [2.75, 3.05) is 0 Å². The lowest BCUT2D eigenvalue weighted by atomic mass is 9.79. The van der Waals surface area contributed by atoms with Crippen LogP contribution in [0.5, 0.6) is 0 Å². The summed E-state index contributed by atoms with van der Waals surface area (Å²) in [6, 6.07) is 46.4. The number of aromatic nitrogens is 6. The van der Waals surface area contributed by atoms with Crippen LogP contribution in [0.1, 0.15) is 11.7 Å². The molecule has 6 nitrogen and oxygen atoms in total. The molecule has 6 heteroatoms. The minimum atomic E-state index is -0.0110. The van der Waals surface area contributed by atoms with Crippen LogP contribution in [0, 0.1) is 5.92 Å². The molecule has 2 aliphatic carbocycles. The molecule has 0 saturated carbocycles. The number of rotatable bonds is 5. The Morgan fingerprint density at radius 3 is 2.16 bits per heavy atom. The van der Waals surface area contributed by atoms with Crippen molar-refractivity contribution in [1.29, 1.82) is 0 Å². The standard InChI is InChI=1S/C49H32N6/c1-3-18-37-32(12-1)14-10-22-41(37)47-52-46(53-48(54-47)42-23-11-15-33-13-2-4-19-38(33)42)34-27-25-31(26-28-34)35-16-9-17-36(30-35)44-39-20-5-6-21-40(39)45-49(51-44)55-29-8-7-24-43(55)50-45/h1-30,37,41H. The fourth-order valence-corrected chi connectivity index (χ4v) is 8.14. The number of benzene rings is 5. The van der Waals surface area contributed by atoms with Gasteiger partial charge in [0, 0.05) is 45.5 Å². The minimum Gasteiger partial charge on any atom is -0.284 e. The van der Waals surface area contributed by atoms with Crippen molar-refractivity contribution in [2.24, 2.45) is 5.92 Å². The molecular formula is C49H32N6. The molecule has 55 heavy (non-hydrogen) atoms. The Morgan fingerprint density at radius 1 is 0.491 bits per heavy atom. The average Bonchev–Trinajstić information content (AvgIpc) is 3.64. The quantitative estimate of drug-likeness (QED) is 0.178. The smallest absolute Gasteiger partial charge is 0.165 e. The Bertz CT molecular complexity index is 3110. The summed E-state index contributed by atoms with van der Waals surface area (Å²) in [5, 5.41) is 4.44. The van der Waals surface area contributed by atoms with E-state index < -0.39 is 0 Å². The second-order valence-corrected chi connectivity index (χ2v) is 14.1. The molecule has 0 aliphatic heterocycles. The summed E-state index contributed by atoms with van der Waals surface area (Å²) in [5.74, 6) is 2.25. The van der Waals surface area contributed by atoms with Crippen LogP contribution in [0.15, 0.2) is 188 Å². The Hall–Kier alpha value is -7.31. The van der Waals surface area contributed by atoms with Gasteiger partial charge in [0.2, 0.25) is 0 Å². The van der Waals surface area contributed by atoms with E-state index >= 15 is 0 Å². The summed E-state index contributed by atoms with van der Waals surface area (Å²) >= 11 is 0. The normalized spacial score (nSPS) is 16.3. The Labute approximate surface area is 317 Å². The van der Waals surface area contributed by atoms with E-state index in [0.717, 1.165) is 77.7 Å². The molecule has 258 valence electrons. The zero-order chi connectivity index (χ0) is 36.3. The summed E-state index contributed by atoms with van der Waals surface area (Å²) in [6.45, 7) is 0. The van der Waals surface area contributed by atoms with E-state index in [1.807, 2.05) is 24.4 Å². The van der Waals surface area contributed by atoms with E-state index in [0.29, 0.717) is 11.6 Å². The summed E-state index contributed by atoms with van der Waals surface area (Å²) in [7, 11) is 0. The van der Waals surface area contributed by atoms with Crippen LogP contribution in [-0.2, 0) is 0 Å². The SMILES string of the molecule is C1=CC2=CC=CC(c3nc(-c4ccc(-c5cccc(-c6nc7c(nc8ccccn87)c7ccccc67)c5)cc4)nc(-c4cccc5ccccc45)n3)C2C=C1. The highest BCUT2D eigenvalue weighted by Crippen LogP contribution is 2.39. The molecule has 4 heterocycles. The van der Waals surface area contributed by atoms with Crippen LogP contribution in [0.25, 0.3) is 83.5 Å². The van der Waals surface area contributed by atoms with Crippen LogP contribution in [0.3, 0.4) is 0 Å². The van der Waals surface area contributed by atoms with Crippen molar-refractivity contribution in [1.82, 2.24) is 29.3 Å². The number of imidazole rings is 1. The number of pyridine rings is 2. The number of fused-ring (bicyclic) bond motifs is 7. The van der Waals surface area contributed by atoms with E-state index in [1.54, 1.807) is 0 Å². The molecule has 0 radical (unpaired) electrons. The molecule has 2 aliphatic rings. The van der Waals surface area contributed by atoms with Gasteiger partial charge < -0.3 is 0 Å². The zero-order valence-corrected chi connectivity index (χ0v) is 29.7. The topological polar surface area (TPSA) is 68.9 Å². The van der Waals surface area contributed by atoms with E-state index in [9.17, 15) is 0 Å². The molecule has 0 fully saturated rings. The Balaban J connectivity index is 1.00. The zero-order valence-electron chi connectivity index (χ0n) is 29.7. The van der Waals surface area contributed by atoms with Gasteiger partial charge in [0.15, 0.2) is 17.3 Å². The fourth-order valence-electron chi connectivity index (χ4n) is 8.14. The number of hydrogen-bond acceptors (Lipinski definition) is 5. The van der Waals surface area contributed by atoms with Crippen LogP contribution in [-0.4, -0.2) is 29.3 Å². The van der Waals surface area contributed by atoms with Gasteiger partial charge in [-0.2, -0.15) is 0 Å². The van der Waals surface area contributed by atoms with Gasteiger partial charge >= 0.3 is 0 Å². The van der Waals surface area contributed by atoms with Gasteiger partial charge in [-0.1, -0.05) is 158 Å². The molecule has 11 rings (SSSR count). The molecule has 9 aromatic rings. The second-order valence-electron chi connectivity index (χ2n) is 14.1. The summed E-state index contributed by atoms with van der Waals surface area (Å²) in [4.78, 5) is 25.7. The third-order valence-corrected chi connectivity index (χ3v) is 10.9. The number of hydrogen-bond donors (Lipinski definition) is 0. The van der Waals surface area contributed by atoms with Crippen LogP contribution in [0.2, 0.25) is 0 Å². The van der Waals surface area contributed by atoms with Crippen molar-refractivity contribution in [3.05, 3.63) is 194 Å². The molecule has 4 aromatic heterocycles. The van der Waals surface area contributed by atoms with Gasteiger partial charge in [-0.05, 0) is 45.7 Å². The summed E-state index contributed by atoms with van der Waals surface area (Å²) < 4.78 is 2.06. The highest BCUT2D eigenvalue weighted by atomic mass is 15.1. The summed E-state index contributed by atoms with van der Waals surface area (Å²) in [5.41, 5.74) is 10.0. The first kappa shape index (κ1) is 31.2. The van der Waals surface area contributed by atoms with Crippen LogP contribution < -0.4 is 0 Å². The molecule has 5 aromatic carbocycles. The molecule has 2 unspecified atom stereocenters. The third-order valence-electron chi connectivity index (χ3n) is 10.9. The van der Waals surface area contributed by atoms with Gasteiger partial charge in [0.25, 0.3) is 0 Å². The lowest BCUT2D eigenvalue weighted by molar-refractivity contribution is 0.630. The Morgan fingerprint density at radius 2 is 1.24 bits per heavy atom. The molecular weight excluding hydrogens is 673 g/mol. The van der Waals surface area contributed by atoms with Crippen molar-refractivity contribution in [2.45, 2.75) is 5.92 Å². The van der Waals surface area contributed by atoms with Crippen LogP contribution in [0.4, 0.5) is 0 Å². The average molecular weight is 705 g/mol. The first-order valence-corrected chi connectivity index (χ1v) is 18.6. The predicted molar refractivity (Wildman–Crippen MR) is 222 cm³/mol. The van der Waals surface area contributed by atoms with E-state index in [-0.39, 0.29) is 11.8 Å². The first-order chi connectivity index (χ1) is 27.2. The van der Waals surface area contributed by atoms with Crippen molar-refractivity contribution >= 4 is 38.4 Å². The molecule has 2 atom stereocenters. The fraction of sp³-hybridized carbons (Fsp3) is 0.0408. The molecule has 0 amide bonds.